The molecule has 112 valence electrons. The van der Waals surface area contributed by atoms with Gasteiger partial charge >= 0.3 is 5.97 Å². The molecule has 0 saturated heterocycles. The lowest BCUT2D eigenvalue weighted by Gasteiger charge is -2.19. The molecule has 0 bridgehead atoms. The number of benzene rings is 1. The zero-order chi connectivity index (χ0) is 15.2. The molecule has 0 radical (unpaired) electrons. The molecular weight excluding hydrogens is 266 g/mol. The first-order valence-corrected chi connectivity index (χ1v) is 7.39. The average Bonchev–Trinajstić information content (AvgIpc) is 2.49. The van der Waals surface area contributed by atoms with Gasteiger partial charge in [-0.1, -0.05) is 19.1 Å². The summed E-state index contributed by atoms with van der Waals surface area (Å²) in [5, 5.41) is 3.09. The molecule has 21 heavy (non-hydrogen) atoms. The fraction of sp³-hybridized carbons (Fsp3) is 0.412. The van der Waals surface area contributed by atoms with E-state index in [2.05, 4.69) is 5.32 Å². The van der Waals surface area contributed by atoms with Crippen molar-refractivity contribution in [3.05, 3.63) is 41.6 Å². The van der Waals surface area contributed by atoms with E-state index in [1.54, 1.807) is 31.3 Å². The smallest absolute Gasteiger partial charge is 0.340 e. The molecule has 1 N–H and O–H groups in total. The maximum Gasteiger partial charge on any atom is 0.340 e. The number of ether oxygens (including phenoxy) is 1. The highest BCUT2D eigenvalue weighted by Gasteiger charge is 2.22. The minimum atomic E-state index is -0.359. The van der Waals surface area contributed by atoms with Crippen molar-refractivity contribution in [2.45, 2.75) is 33.1 Å². The van der Waals surface area contributed by atoms with Gasteiger partial charge in [-0.2, -0.15) is 0 Å². The Balaban J connectivity index is 2.16. The quantitative estimate of drug-likeness (QED) is 0.679. The van der Waals surface area contributed by atoms with Crippen LogP contribution in [-0.4, -0.2) is 18.4 Å². The van der Waals surface area contributed by atoms with E-state index in [0.29, 0.717) is 17.9 Å². The van der Waals surface area contributed by atoms with Crippen LogP contribution in [0.1, 0.15) is 43.5 Å². The molecule has 0 heterocycles. The monoisotopic (exact) mass is 287 g/mol. The minimum absolute atomic E-state index is 0.0899. The highest BCUT2D eigenvalue weighted by Crippen LogP contribution is 2.25. The highest BCUT2D eigenvalue weighted by molar-refractivity contribution is 5.99. The molecule has 1 aromatic carbocycles. The van der Waals surface area contributed by atoms with Crippen molar-refractivity contribution >= 4 is 17.4 Å². The van der Waals surface area contributed by atoms with Crippen LogP contribution in [-0.2, 0) is 9.53 Å². The highest BCUT2D eigenvalue weighted by atomic mass is 16.5. The molecule has 0 amide bonds. The number of carbonyl (C=O) groups excluding carboxylic acids is 2. The molecule has 4 heteroatoms. The summed E-state index contributed by atoms with van der Waals surface area (Å²) >= 11 is 0. The Hall–Kier alpha value is -2.10. The van der Waals surface area contributed by atoms with Crippen LogP contribution < -0.4 is 5.32 Å². The lowest BCUT2D eigenvalue weighted by molar-refractivity contribution is -0.119. The van der Waals surface area contributed by atoms with E-state index in [1.165, 1.54) is 0 Å². The number of carbonyl (C=O) groups is 2. The SMILES string of the molecule is CCOC(=O)c1ccccc1N/C=C1/CCC[C@H](C)C1=O. The van der Waals surface area contributed by atoms with E-state index in [9.17, 15) is 9.59 Å². The van der Waals surface area contributed by atoms with Crippen LogP contribution in [0.4, 0.5) is 5.69 Å². The third-order valence-electron chi connectivity index (χ3n) is 3.67. The molecule has 1 aliphatic rings. The Kier molecular flexibility index (Phi) is 5.14. The standard InChI is InChI=1S/C17H21NO3/c1-3-21-17(20)14-9-4-5-10-15(14)18-11-13-8-6-7-12(2)16(13)19/h4-5,9-12,18H,3,6-8H2,1-2H3/b13-11-/t12-/m0/s1. The van der Waals surface area contributed by atoms with E-state index < -0.39 is 0 Å². The van der Waals surface area contributed by atoms with Gasteiger partial charge in [-0.15, -0.1) is 0 Å². The number of ketones is 1. The van der Waals surface area contributed by atoms with Gasteiger partial charge in [-0.3, -0.25) is 4.79 Å². The van der Waals surface area contributed by atoms with Crippen molar-refractivity contribution in [2.75, 3.05) is 11.9 Å². The van der Waals surface area contributed by atoms with E-state index in [-0.39, 0.29) is 17.7 Å². The second-order valence-electron chi connectivity index (χ2n) is 5.24. The summed E-state index contributed by atoms with van der Waals surface area (Å²) in [6, 6.07) is 7.15. The van der Waals surface area contributed by atoms with Crippen molar-refractivity contribution in [1.82, 2.24) is 0 Å². The minimum Gasteiger partial charge on any atom is -0.462 e. The van der Waals surface area contributed by atoms with Crippen molar-refractivity contribution in [1.29, 1.82) is 0 Å². The summed E-state index contributed by atoms with van der Waals surface area (Å²) < 4.78 is 5.03. The molecule has 0 unspecified atom stereocenters. The molecule has 0 spiro atoms. The maximum atomic E-state index is 12.1. The van der Waals surface area contributed by atoms with Crippen molar-refractivity contribution in [3.63, 3.8) is 0 Å². The zero-order valence-electron chi connectivity index (χ0n) is 12.5. The summed E-state index contributed by atoms with van der Waals surface area (Å²) in [6.07, 6.45) is 4.50. The summed E-state index contributed by atoms with van der Waals surface area (Å²) in [5.74, 6) is -0.0724. The van der Waals surface area contributed by atoms with E-state index in [4.69, 9.17) is 4.74 Å². The van der Waals surface area contributed by atoms with Gasteiger partial charge in [0.05, 0.1) is 17.9 Å². The number of allylic oxidation sites excluding steroid dienone is 1. The number of para-hydroxylation sites is 1. The summed E-state index contributed by atoms with van der Waals surface area (Å²) in [7, 11) is 0. The number of hydrogen-bond donors (Lipinski definition) is 1. The number of rotatable bonds is 4. The largest absolute Gasteiger partial charge is 0.462 e. The van der Waals surface area contributed by atoms with Crippen LogP contribution >= 0.6 is 0 Å². The molecule has 2 rings (SSSR count). The van der Waals surface area contributed by atoms with Crippen molar-refractivity contribution in [2.24, 2.45) is 5.92 Å². The normalized spacial score (nSPS) is 20.4. The second-order valence-corrected chi connectivity index (χ2v) is 5.24. The zero-order valence-corrected chi connectivity index (χ0v) is 12.5. The third kappa shape index (κ3) is 3.72. The van der Waals surface area contributed by atoms with Gasteiger partial charge in [0.2, 0.25) is 0 Å². The fourth-order valence-electron chi connectivity index (χ4n) is 2.47. The number of hydrogen-bond acceptors (Lipinski definition) is 4. The topological polar surface area (TPSA) is 55.4 Å². The molecule has 0 aromatic heterocycles. The first kappa shape index (κ1) is 15.3. The molecule has 1 saturated carbocycles. The van der Waals surface area contributed by atoms with Crippen LogP contribution in [0.2, 0.25) is 0 Å². The van der Waals surface area contributed by atoms with Gasteiger partial charge in [-0.25, -0.2) is 4.79 Å². The van der Waals surface area contributed by atoms with Crippen molar-refractivity contribution in [3.8, 4) is 0 Å². The van der Waals surface area contributed by atoms with E-state index in [1.807, 2.05) is 13.0 Å². The first-order chi connectivity index (χ1) is 10.1. The van der Waals surface area contributed by atoms with E-state index >= 15 is 0 Å². The Morgan fingerprint density at radius 1 is 1.43 bits per heavy atom. The Bertz CT molecular complexity index is 563. The second kappa shape index (κ2) is 7.07. The molecule has 1 aliphatic carbocycles. The average molecular weight is 287 g/mol. The number of anilines is 1. The van der Waals surface area contributed by atoms with Crippen molar-refractivity contribution < 1.29 is 14.3 Å². The summed E-state index contributed by atoms with van der Waals surface area (Å²) in [5.41, 5.74) is 1.94. The third-order valence-corrected chi connectivity index (χ3v) is 3.67. The summed E-state index contributed by atoms with van der Waals surface area (Å²) in [6.45, 7) is 4.07. The Labute approximate surface area is 125 Å². The molecule has 1 fully saturated rings. The number of Topliss-reactive ketones (excluding diaryl/α,β-unsaturated/α-hetero) is 1. The molecule has 1 atom stereocenters. The lowest BCUT2D eigenvalue weighted by Crippen LogP contribution is -2.19. The maximum absolute atomic E-state index is 12.1. The molecule has 0 aliphatic heterocycles. The molecule has 4 nitrogen and oxygen atoms in total. The van der Waals surface area contributed by atoms with Gasteiger partial charge in [0, 0.05) is 17.7 Å². The Morgan fingerprint density at radius 2 is 2.19 bits per heavy atom. The van der Waals surface area contributed by atoms with Gasteiger partial charge in [0.1, 0.15) is 0 Å². The predicted octanol–water partition coefficient (Wildman–Crippen LogP) is 3.55. The van der Waals surface area contributed by atoms with Crippen LogP contribution in [0.5, 0.6) is 0 Å². The first-order valence-electron chi connectivity index (χ1n) is 7.39. The van der Waals surface area contributed by atoms with Gasteiger partial charge in [0.15, 0.2) is 5.78 Å². The van der Waals surface area contributed by atoms with Gasteiger partial charge in [-0.05, 0) is 38.3 Å². The Morgan fingerprint density at radius 3 is 2.95 bits per heavy atom. The molecular formula is C17H21NO3. The summed E-state index contributed by atoms with van der Waals surface area (Å²) in [4.78, 5) is 24.0. The van der Waals surface area contributed by atoms with Crippen LogP contribution in [0.3, 0.4) is 0 Å². The van der Waals surface area contributed by atoms with Crippen LogP contribution in [0.25, 0.3) is 0 Å². The van der Waals surface area contributed by atoms with Crippen LogP contribution in [0.15, 0.2) is 36.0 Å². The van der Waals surface area contributed by atoms with Gasteiger partial charge < -0.3 is 10.1 Å². The van der Waals surface area contributed by atoms with Gasteiger partial charge in [0.25, 0.3) is 0 Å². The van der Waals surface area contributed by atoms with Crippen LogP contribution in [0, 0.1) is 5.92 Å². The number of nitrogens with one attached hydrogen (secondary N) is 1. The molecule has 1 aromatic rings. The predicted molar refractivity (Wildman–Crippen MR) is 82.1 cm³/mol. The van der Waals surface area contributed by atoms with E-state index in [0.717, 1.165) is 24.8 Å². The fourth-order valence-corrected chi connectivity index (χ4v) is 2.47. The lowest BCUT2D eigenvalue weighted by atomic mass is 9.86. The number of esters is 1.